The smallest absolute Gasteiger partial charge is 0.315 e. The first-order valence-electron chi connectivity index (χ1n) is 12.3. The summed E-state index contributed by atoms with van der Waals surface area (Å²) in [6, 6.07) is 8.41. The lowest BCUT2D eigenvalue weighted by atomic mass is 9.96. The maximum Gasteiger partial charge on any atom is 0.315 e. The average molecular weight is 453 g/mol. The molecule has 0 radical (unpaired) electrons. The third-order valence-electron chi connectivity index (χ3n) is 6.80. The van der Waals surface area contributed by atoms with Gasteiger partial charge in [-0.3, -0.25) is 4.79 Å². The number of aryl methyl sites for hydroxylation is 1. The van der Waals surface area contributed by atoms with E-state index in [1.165, 1.54) is 24.8 Å². The zero-order chi connectivity index (χ0) is 23.4. The number of carbonyl (C=O) groups excluding carboxylic acids is 2. The van der Waals surface area contributed by atoms with E-state index in [-0.39, 0.29) is 23.8 Å². The highest BCUT2D eigenvalue weighted by Crippen LogP contribution is 2.23. The molecule has 0 bridgehead atoms. The van der Waals surface area contributed by atoms with Crippen molar-refractivity contribution in [2.24, 2.45) is 0 Å². The third-order valence-corrected chi connectivity index (χ3v) is 6.80. The minimum absolute atomic E-state index is 0.0773. The highest BCUT2D eigenvalue weighted by molar-refractivity contribution is 5.90. The van der Waals surface area contributed by atoms with Crippen molar-refractivity contribution in [3.05, 3.63) is 41.5 Å². The summed E-state index contributed by atoms with van der Waals surface area (Å²) in [6.45, 7) is 7.34. The number of urea groups is 1. The Labute approximate surface area is 196 Å². The van der Waals surface area contributed by atoms with E-state index < -0.39 is 0 Å². The summed E-state index contributed by atoms with van der Waals surface area (Å²) < 4.78 is 1.77. The molecular formula is C25H36N6O2. The standard InChI is InChI=1S/C25H36N6O2/c1-17(2)21-11-7-8-12-22(21)31-18(3)26-23(29-31)24(32)30-15-13-20(14-16-30)28-25(33)27-19-9-5-4-6-10-19/h7-8,11-12,17,19-20H,4-6,9-10,13-16H2,1-3H3,(H2,27,28,33). The van der Waals surface area contributed by atoms with Gasteiger partial charge in [0, 0.05) is 25.2 Å². The highest BCUT2D eigenvalue weighted by Gasteiger charge is 2.28. The number of carbonyl (C=O) groups is 2. The van der Waals surface area contributed by atoms with Gasteiger partial charge in [-0.1, -0.05) is 51.3 Å². The highest BCUT2D eigenvalue weighted by atomic mass is 16.2. The Morgan fingerprint density at radius 3 is 2.27 bits per heavy atom. The Bertz CT molecular complexity index is 971. The summed E-state index contributed by atoms with van der Waals surface area (Å²) in [6.07, 6.45) is 7.26. The number of aromatic nitrogens is 3. The van der Waals surface area contributed by atoms with Gasteiger partial charge >= 0.3 is 6.03 Å². The van der Waals surface area contributed by atoms with E-state index in [1.54, 1.807) is 9.58 Å². The van der Waals surface area contributed by atoms with Gasteiger partial charge in [0.05, 0.1) is 5.69 Å². The van der Waals surface area contributed by atoms with Crippen LogP contribution in [0.5, 0.6) is 0 Å². The summed E-state index contributed by atoms with van der Waals surface area (Å²) in [5.41, 5.74) is 2.13. The van der Waals surface area contributed by atoms with E-state index in [1.807, 2.05) is 25.1 Å². The minimum atomic E-state index is -0.149. The van der Waals surface area contributed by atoms with Gasteiger partial charge in [-0.25, -0.2) is 14.5 Å². The lowest BCUT2D eigenvalue weighted by Gasteiger charge is -2.32. The van der Waals surface area contributed by atoms with Gasteiger partial charge < -0.3 is 15.5 Å². The first kappa shape index (κ1) is 23.3. The maximum atomic E-state index is 13.1. The molecule has 4 rings (SSSR count). The molecule has 2 heterocycles. The van der Waals surface area contributed by atoms with Crippen molar-refractivity contribution in [3.63, 3.8) is 0 Å². The number of benzene rings is 1. The summed E-state index contributed by atoms with van der Waals surface area (Å²) in [4.78, 5) is 31.7. The number of para-hydroxylation sites is 1. The Balaban J connectivity index is 1.34. The van der Waals surface area contributed by atoms with Crippen LogP contribution in [0.1, 0.15) is 86.7 Å². The van der Waals surface area contributed by atoms with Crippen molar-refractivity contribution in [1.82, 2.24) is 30.3 Å². The fraction of sp³-hybridized carbons (Fsp3) is 0.600. The molecule has 0 spiro atoms. The average Bonchev–Trinajstić information content (AvgIpc) is 3.21. The number of nitrogens with zero attached hydrogens (tertiary/aromatic N) is 4. The molecule has 2 fully saturated rings. The fourth-order valence-corrected chi connectivity index (χ4v) is 4.91. The number of nitrogens with one attached hydrogen (secondary N) is 2. The Hall–Kier alpha value is -2.90. The summed E-state index contributed by atoms with van der Waals surface area (Å²) in [7, 11) is 0. The largest absolute Gasteiger partial charge is 0.336 e. The molecule has 2 aromatic rings. The molecular weight excluding hydrogens is 416 g/mol. The van der Waals surface area contributed by atoms with E-state index in [4.69, 9.17) is 0 Å². The van der Waals surface area contributed by atoms with Crippen LogP contribution >= 0.6 is 0 Å². The number of hydrogen-bond donors (Lipinski definition) is 2. The van der Waals surface area contributed by atoms with Crippen LogP contribution in [-0.4, -0.2) is 56.8 Å². The number of amides is 3. The summed E-state index contributed by atoms with van der Waals surface area (Å²) in [5, 5.41) is 10.8. The second kappa shape index (κ2) is 10.4. The van der Waals surface area contributed by atoms with Gasteiger partial charge in [-0.05, 0) is 50.2 Å². The molecule has 8 nitrogen and oxygen atoms in total. The second-order valence-electron chi connectivity index (χ2n) is 9.63. The predicted octanol–water partition coefficient (Wildman–Crippen LogP) is 3.94. The van der Waals surface area contributed by atoms with Gasteiger partial charge in [0.1, 0.15) is 5.82 Å². The van der Waals surface area contributed by atoms with E-state index >= 15 is 0 Å². The SMILES string of the molecule is Cc1nc(C(=O)N2CCC(NC(=O)NC3CCCCC3)CC2)nn1-c1ccccc1C(C)C. The predicted molar refractivity (Wildman–Crippen MR) is 128 cm³/mol. The van der Waals surface area contributed by atoms with Crippen molar-refractivity contribution < 1.29 is 9.59 Å². The van der Waals surface area contributed by atoms with Gasteiger partial charge in [-0.15, -0.1) is 5.10 Å². The number of likely N-dealkylation sites (tertiary alicyclic amines) is 1. The van der Waals surface area contributed by atoms with Crippen LogP contribution in [0.25, 0.3) is 5.69 Å². The summed E-state index contributed by atoms with van der Waals surface area (Å²) >= 11 is 0. The molecule has 2 aliphatic rings. The Morgan fingerprint density at radius 2 is 1.61 bits per heavy atom. The molecule has 2 N–H and O–H groups in total. The topological polar surface area (TPSA) is 92.2 Å². The van der Waals surface area contributed by atoms with Crippen molar-refractivity contribution in [3.8, 4) is 5.69 Å². The zero-order valence-electron chi connectivity index (χ0n) is 20.0. The third kappa shape index (κ3) is 5.54. The molecule has 3 amide bonds. The molecule has 1 aromatic carbocycles. The monoisotopic (exact) mass is 452 g/mol. The fourth-order valence-electron chi connectivity index (χ4n) is 4.91. The van der Waals surface area contributed by atoms with Crippen LogP contribution in [-0.2, 0) is 0 Å². The van der Waals surface area contributed by atoms with E-state index in [0.717, 1.165) is 31.4 Å². The van der Waals surface area contributed by atoms with Crippen LogP contribution in [0.4, 0.5) is 4.79 Å². The Kier molecular flexibility index (Phi) is 7.30. The molecule has 1 aliphatic heterocycles. The number of rotatable bonds is 5. The molecule has 0 unspecified atom stereocenters. The van der Waals surface area contributed by atoms with Gasteiger partial charge in [0.2, 0.25) is 5.82 Å². The van der Waals surface area contributed by atoms with E-state index in [9.17, 15) is 9.59 Å². The molecule has 1 aliphatic carbocycles. The number of hydrogen-bond acceptors (Lipinski definition) is 4. The Morgan fingerprint density at radius 1 is 0.970 bits per heavy atom. The molecule has 8 heteroatoms. The van der Waals surface area contributed by atoms with Crippen LogP contribution in [0.3, 0.4) is 0 Å². The number of piperidine rings is 1. The first-order valence-corrected chi connectivity index (χ1v) is 12.3. The van der Waals surface area contributed by atoms with Crippen molar-refractivity contribution in [2.75, 3.05) is 13.1 Å². The second-order valence-corrected chi connectivity index (χ2v) is 9.63. The normalized spacial score (nSPS) is 17.9. The first-order chi connectivity index (χ1) is 15.9. The molecule has 33 heavy (non-hydrogen) atoms. The van der Waals surface area contributed by atoms with Gasteiger partial charge in [0.25, 0.3) is 5.91 Å². The summed E-state index contributed by atoms with van der Waals surface area (Å²) in [5.74, 6) is 1.12. The van der Waals surface area contributed by atoms with Gasteiger partial charge in [0.15, 0.2) is 0 Å². The molecule has 1 saturated heterocycles. The quantitative estimate of drug-likeness (QED) is 0.719. The van der Waals surface area contributed by atoms with Crippen molar-refractivity contribution in [2.45, 2.75) is 83.7 Å². The van der Waals surface area contributed by atoms with Crippen LogP contribution in [0.15, 0.2) is 24.3 Å². The maximum absolute atomic E-state index is 13.1. The van der Waals surface area contributed by atoms with Crippen molar-refractivity contribution in [1.29, 1.82) is 0 Å². The minimum Gasteiger partial charge on any atom is -0.336 e. The van der Waals surface area contributed by atoms with Crippen LogP contribution in [0, 0.1) is 6.92 Å². The molecule has 1 aromatic heterocycles. The molecule has 178 valence electrons. The zero-order valence-corrected chi connectivity index (χ0v) is 20.0. The van der Waals surface area contributed by atoms with Crippen molar-refractivity contribution >= 4 is 11.9 Å². The van der Waals surface area contributed by atoms with E-state index in [2.05, 4.69) is 40.6 Å². The molecule has 1 saturated carbocycles. The lowest BCUT2D eigenvalue weighted by Crippen LogP contribution is -2.51. The van der Waals surface area contributed by atoms with E-state index in [0.29, 0.717) is 30.9 Å². The van der Waals surface area contributed by atoms with Gasteiger partial charge in [-0.2, -0.15) is 0 Å². The van der Waals surface area contributed by atoms with Crippen LogP contribution < -0.4 is 10.6 Å². The molecule has 0 atom stereocenters. The lowest BCUT2D eigenvalue weighted by molar-refractivity contribution is 0.0696. The van der Waals surface area contributed by atoms with Crippen LogP contribution in [0.2, 0.25) is 0 Å².